The Morgan fingerprint density at radius 3 is 2.58 bits per heavy atom. The summed E-state index contributed by atoms with van der Waals surface area (Å²) in [6, 6.07) is 3.19. The summed E-state index contributed by atoms with van der Waals surface area (Å²) in [6.45, 7) is 4.08. The summed E-state index contributed by atoms with van der Waals surface area (Å²) in [4.78, 5) is 30.2. The van der Waals surface area contributed by atoms with Crippen LogP contribution in [0.2, 0.25) is 0 Å². The van der Waals surface area contributed by atoms with Crippen LogP contribution in [0.5, 0.6) is 0 Å². The maximum Gasteiger partial charge on any atom is 0.238 e. The zero-order chi connectivity index (χ0) is 18.8. The molecule has 3 rings (SSSR count). The summed E-state index contributed by atoms with van der Waals surface area (Å²) >= 11 is 0. The fraction of sp³-hybridized carbons (Fsp3) is 0.444. The number of amides is 2. The van der Waals surface area contributed by atoms with Crippen molar-refractivity contribution in [3.8, 4) is 0 Å². The van der Waals surface area contributed by atoms with Gasteiger partial charge in [0, 0.05) is 55.9 Å². The van der Waals surface area contributed by atoms with E-state index in [1.807, 2.05) is 25.6 Å². The fourth-order valence-electron chi connectivity index (χ4n) is 3.53. The Labute approximate surface area is 152 Å². The average molecular weight is 356 g/mol. The number of hydrogen-bond acceptors (Lipinski definition) is 5. The van der Waals surface area contributed by atoms with Crippen LogP contribution in [0.3, 0.4) is 0 Å². The van der Waals surface area contributed by atoms with Gasteiger partial charge in [0.05, 0.1) is 18.3 Å². The Hall–Kier alpha value is -2.74. The zero-order valence-corrected chi connectivity index (χ0v) is 15.5. The van der Waals surface area contributed by atoms with Gasteiger partial charge >= 0.3 is 0 Å². The van der Waals surface area contributed by atoms with Crippen LogP contribution in [0.25, 0.3) is 0 Å². The highest BCUT2D eigenvalue weighted by atomic mass is 16.2. The van der Waals surface area contributed by atoms with Crippen molar-refractivity contribution in [1.29, 1.82) is 0 Å². The first-order valence-electron chi connectivity index (χ1n) is 8.57. The number of rotatable bonds is 5. The topological polar surface area (TPSA) is 92.1 Å². The number of nitrogens with zero attached hydrogens (tertiary/aromatic N) is 4. The molecule has 1 fully saturated rings. The predicted octanol–water partition coefficient (Wildman–Crippen LogP) is 0.932. The van der Waals surface area contributed by atoms with E-state index < -0.39 is 0 Å². The number of likely N-dealkylation sites (N-methyl/N-ethyl adjacent to an activating group) is 1. The SMILES string of the molecule is Cc1nn(C)c(C)c1[C@H]1[C@H](NCC(=O)Nc2ccncc2)CC(=O)N1C. The van der Waals surface area contributed by atoms with E-state index >= 15 is 0 Å². The number of aromatic nitrogens is 3. The number of hydrogen-bond donors (Lipinski definition) is 2. The Balaban J connectivity index is 1.71. The Kier molecular flexibility index (Phi) is 5.03. The molecule has 138 valence electrons. The number of anilines is 1. The third kappa shape index (κ3) is 3.45. The first-order chi connectivity index (χ1) is 12.4. The van der Waals surface area contributed by atoms with Crippen molar-refractivity contribution >= 4 is 17.5 Å². The predicted molar refractivity (Wildman–Crippen MR) is 97.5 cm³/mol. The highest BCUT2D eigenvalue weighted by Gasteiger charge is 2.40. The smallest absolute Gasteiger partial charge is 0.238 e. The van der Waals surface area contributed by atoms with Crippen LogP contribution in [0.1, 0.15) is 29.4 Å². The van der Waals surface area contributed by atoms with Crippen molar-refractivity contribution in [3.63, 3.8) is 0 Å². The summed E-state index contributed by atoms with van der Waals surface area (Å²) in [5.41, 5.74) is 3.68. The third-order valence-electron chi connectivity index (χ3n) is 4.94. The number of likely N-dealkylation sites (tertiary alicyclic amines) is 1. The lowest BCUT2D eigenvalue weighted by Crippen LogP contribution is -2.40. The van der Waals surface area contributed by atoms with Crippen molar-refractivity contribution < 1.29 is 9.59 Å². The van der Waals surface area contributed by atoms with E-state index in [1.165, 1.54) is 0 Å². The van der Waals surface area contributed by atoms with E-state index in [-0.39, 0.29) is 30.4 Å². The molecule has 0 aromatic carbocycles. The summed E-state index contributed by atoms with van der Waals surface area (Å²) in [7, 11) is 3.70. The van der Waals surface area contributed by atoms with Crippen LogP contribution in [0, 0.1) is 13.8 Å². The van der Waals surface area contributed by atoms with Gasteiger partial charge in [-0.25, -0.2) is 0 Å². The molecular weight excluding hydrogens is 332 g/mol. The maximum absolute atomic E-state index is 12.3. The molecule has 0 radical (unpaired) electrons. The maximum atomic E-state index is 12.3. The molecule has 2 aromatic rings. The first-order valence-corrected chi connectivity index (χ1v) is 8.57. The Morgan fingerprint density at radius 2 is 1.96 bits per heavy atom. The zero-order valence-electron chi connectivity index (χ0n) is 15.5. The van der Waals surface area contributed by atoms with E-state index in [1.54, 1.807) is 36.5 Å². The molecule has 1 aliphatic rings. The molecule has 0 aliphatic carbocycles. The Bertz CT molecular complexity index is 817. The van der Waals surface area contributed by atoms with Crippen molar-refractivity contribution in [2.75, 3.05) is 18.9 Å². The minimum absolute atomic E-state index is 0.0599. The molecule has 1 aliphatic heterocycles. The van der Waals surface area contributed by atoms with Crippen molar-refractivity contribution in [1.82, 2.24) is 25.0 Å². The van der Waals surface area contributed by atoms with Crippen LogP contribution >= 0.6 is 0 Å². The van der Waals surface area contributed by atoms with Gasteiger partial charge in [-0.15, -0.1) is 0 Å². The van der Waals surface area contributed by atoms with E-state index in [9.17, 15) is 9.59 Å². The number of aryl methyl sites for hydroxylation is 2. The second kappa shape index (κ2) is 7.25. The minimum Gasteiger partial charge on any atom is -0.337 e. The second-order valence-electron chi connectivity index (χ2n) is 6.63. The van der Waals surface area contributed by atoms with Gasteiger partial charge in [-0.1, -0.05) is 0 Å². The lowest BCUT2D eigenvalue weighted by Gasteiger charge is -2.26. The number of carbonyl (C=O) groups is 2. The van der Waals surface area contributed by atoms with Crippen LogP contribution in [-0.4, -0.2) is 51.1 Å². The van der Waals surface area contributed by atoms with Crippen LogP contribution in [0.4, 0.5) is 5.69 Å². The highest BCUT2D eigenvalue weighted by Crippen LogP contribution is 2.35. The molecule has 0 bridgehead atoms. The molecule has 8 nitrogen and oxygen atoms in total. The molecule has 26 heavy (non-hydrogen) atoms. The molecule has 2 amide bonds. The van der Waals surface area contributed by atoms with Crippen molar-refractivity contribution in [2.45, 2.75) is 32.4 Å². The van der Waals surface area contributed by atoms with Gasteiger partial charge in [0.25, 0.3) is 0 Å². The third-order valence-corrected chi connectivity index (χ3v) is 4.94. The number of carbonyl (C=O) groups excluding carboxylic acids is 2. The molecule has 0 unspecified atom stereocenters. The molecule has 0 saturated carbocycles. The standard InChI is InChI=1S/C18H24N6O2/c1-11-17(12(2)24(4)22-11)18-14(9-16(26)23(18)3)20-10-15(25)21-13-5-7-19-8-6-13/h5-8,14,18,20H,9-10H2,1-4H3,(H,19,21,25)/t14-,18-/m1/s1. The first kappa shape index (κ1) is 18.1. The molecule has 8 heteroatoms. The van der Waals surface area contributed by atoms with Crippen LogP contribution < -0.4 is 10.6 Å². The van der Waals surface area contributed by atoms with Crippen LogP contribution in [0.15, 0.2) is 24.5 Å². The van der Waals surface area contributed by atoms with Gasteiger partial charge in [0.1, 0.15) is 0 Å². The average Bonchev–Trinajstić information content (AvgIpc) is 3.02. The van der Waals surface area contributed by atoms with Gasteiger partial charge in [-0.3, -0.25) is 19.3 Å². The quantitative estimate of drug-likeness (QED) is 0.832. The lowest BCUT2D eigenvalue weighted by atomic mass is 9.98. The van der Waals surface area contributed by atoms with Gasteiger partial charge in [0.15, 0.2) is 0 Å². The molecule has 2 atom stereocenters. The molecule has 1 saturated heterocycles. The highest BCUT2D eigenvalue weighted by molar-refractivity contribution is 5.92. The van der Waals surface area contributed by atoms with E-state index in [0.717, 1.165) is 17.0 Å². The van der Waals surface area contributed by atoms with Gasteiger partial charge < -0.3 is 15.5 Å². The van der Waals surface area contributed by atoms with Crippen LogP contribution in [-0.2, 0) is 16.6 Å². The fourth-order valence-corrected chi connectivity index (χ4v) is 3.53. The van der Waals surface area contributed by atoms with Crippen molar-refractivity contribution in [2.24, 2.45) is 7.05 Å². The normalized spacial score (nSPS) is 19.8. The summed E-state index contributed by atoms with van der Waals surface area (Å²) < 4.78 is 1.83. The minimum atomic E-state index is -0.156. The molecule has 2 aromatic heterocycles. The van der Waals surface area contributed by atoms with E-state index in [2.05, 4.69) is 20.7 Å². The molecule has 3 heterocycles. The van der Waals surface area contributed by atoms with Gasteiger partial charge in [-0.2, -0.15) is 5.10 Å². The van der Waals surface area contributed by atoms with Gasteiger partial charge in [0.2, 0.25) is 11.8 Å². The van der Waals surface area contributed by atoms with E-state index in [4.69, 9.17) is 0 Å². The second-order valence-corrected chi connectivity index (χ2v) is 6.63. The summed E-state index contributed by atoms with van der Waals surface area (Å²) in [5, 5.41) is 10.5. The van der Waals surface area contributed by atoms with E-state index in [0.29, 0.717) is 12.1 Å². The summed E-state index contributed by atoms with van der Waals surface area (Å²) in [5.74, 6) is -0.0960. The lowest BCUT2D eigenvalue weighted by molar-refractivity contribution is -0.127. The Morgan fingerprint density at radius 1 is 1.27 bits per heavy atom. The molecule has 2 N–H and O–H groups in total. The summed E-state index contributed by atoms with van der Waals surface area (Å²) in [6.07, 6.45) is 3.60. The molecule has 0 spiro atoms. The van der Waals surface area contributed by atoms with Crippen molar-refractivity contribution in [3.05, 3.63) is 41.5 Å². The molecular formula is C18H24N6O2. The number of pyridine rings is 1. The number of nitrogens with one attached hydrogen (secondary N) is 2. The van der Waals surface area contributed by atoms with Gasteiger partial charge in [-0.05, 0) is 26.0 Å². The monoisotopic (exact) mass is 356 g/mol. The largest absolute Gasteiger partial charge is 0.337 e.